The van der Waals surface area contributed by atoms with Gasteiger partial charge in [-0.25, -0.2) is 9.37 Å². The van der Waals surface area contributed by atoms with E-state index in [2.05, 4.69) is 15.2 Å². The Kier molecular flexibility index (Phi) is 2.98. The van der Waals surface area contributed by atoms with Crippen molar-refractivity contribution >= 4 is 5.82 Å². The van der Waals surface area contributed by atoms with Crippen LogP contribution in [0.15, 0.2) is 12.1 Å². The lowest BCUT2D eigenvalue weighted by molar-refractivity contribution is 0.0695. The molecule has 3 rings (SSSR count). The molecule has 2 fully saturated rings. The number of nitrogens with one attached hydrogen (secondary N) is 1. The zero-order valence-corrected chi connectivity index (χ0v) is 11.4. The Bertz CT molecular complexity index is 474. The molecule has 0 saturated carbocycles. The maximum Gasteiger partial charge on any atom is 0.147 e. The van der Waals surface area contributed by atoms with Gasteiger partial charge < -0.3 is 15.3 Å². The Morgan fingerprint density at radius 2 is 1.95 bits per heavy atom. The molecule has 0 radical (unpaired) electrons. The highest BCUT2D eigenvalue weighted by atomic mass is 19.1. The second-order valence-electron chi connectivity index (χ2n) is 6.14. The molecule has 19 heavy (non-hydrogen) atoms. The second-order valence-corrected chi connectivity index (χ2v) is 6.14. The van der Waals surface area contributed by atoms with Crippen molar-refractivity contribution in [3.8, 4) is 0 Å². The summed E-state index contributed by atoms with van der Waals surface area (Å²) >= 11 is 0. The van der Waals surface area contributed by atoms with Crippen molar-refractivity contribution < 1.29 is 9.50 Å². The third-order valence-corrected chi connectivity index (χ3v) is 4.12. The molecule has 2 aliphatic heterocycles. The van der Waals surface area contributed by atoms with Gasteiger partial charge in [0, 0.05) is 26.2 Å². The van der Waals surface area contributed by atoms with Crippen molar-refractivity contribution in [3.63, 3.8) is 0 Å². The van der Waals surface area contributed by atoms with Crippen LogP contribution in [0.25, 0.3) is 0 Å². The Balaban J connectivity index is 1.86. The second kappa shape index (κ2) is 4.42. The fraction of sp³-hybridized carbons (Fsp3) is 0.643. The summed E-state index contributed by atoms with van der Waals surface area (Å²) in [5, 5.41) is 13.4. The summed E-state index contributed by atoms with van der Waals surface area (Å²) < 4.78 is 13.7. The molecule has 104 valence electrons. The van der Waals surface area contributed by atoms with Crippen LogP contribution in [0.5, 0.6) is 0 Å². The normalized spacial score (nSPS) is 26.8. The molecule has 2 N–H and O–H groups in total. The molecule has 1 aromatic rings. The molecular weight excluding hydrogens is 245 g/mol. The average Bonchev–Trinajstić information content (AvgIpc) is 2.88. The first-order valence-corrected chi connectivity index (χ1v) is 6.80. The molecule has 0 spiro atoms. The number of hydrogen-bond acceptors (Lipinski definition) is 4. The molecule has 0 bridgehead atoms. The van der Waals surface area contributed by atoms with Gasteiger partial charge in [0.25, 0.3) is 0 Å². The molecule has 3 heterocycles. The van der Waals surface area contributed by atoms with Crippen LogP contribution in [-0.2, 0) is 5.60 Å². The molecule has 1 aromatic heterocycles. The standard InChI is InChI=1S/C14H20FN3O/c1-14(2,19)13-11(15)3-4-12(17-13)18-7-9-5-16-6-10(9)8-18/h3-4,9-10,16,19H,5-8H2,1-2H3/t9-,10+. The van der Waals surface area contributed by atoms with Gasteiger partial charge in [-0.1, -0.05) is 0 Å². The van der Waals surface area contributed by atoms with Crippen LogP contribution in [-0.4, -0.2) is 36.3 Å². The van der Waals surface area contributed by atoms with Gasteiger partial charge >= 0.3 is 0 Å². The largest absolute Gasteiger partial charge is 0.384 e. The van der Waals surface area contributed by atoms with Gasteiger partial charge in [-0.2, -0.15) is 0 Å². The minimum absolute atomic E-state index is 0.125. The monoisotopic (exact) mass is 265 g/mol. The number of aromatic nitrogens is 1. The third-order valence-electron chi connectivity index (χ3n) is 4.12. The van der Waals surface area contributed by atoms with Gasteiger partial charge in [-0.15, -0.1) is 0 Å². The maximum atomic E-state index is 13.7. The van der Waals surface area contributed by atoms with E-state index in [4.69, 9.17) is 0 Å². The highest BCUT2D eigenvalue weighted by molar-refractivity contribution is 5.42. The van der Waals surface area contributed by atoms with Crippen LogP contribution in [0.1, 0.15) is 19.5 Å². The lowest BCUT2D eigenvalue weighted by atomic mass is 10.0. The van der Waals surface area contributed by atoms with Crippen molar-refractivity contribution in [2.45, 2.75) is 19.4 Å². The molecule has 5 heteroatoms. The molecule has 4 nitrogen and oxygen atoms in total. The van der Waals surface area contributed by atoms with Gasteiger partial charge in [0.1, 0.15) is 22.9 Å². The van der Waals surface area contributed by atoms with Crippen LogP contribution in [0.3, 0.4) is 0 Å². The van der Waals surface area contributed by atoms with E-state index >= 15 is 0 Å². The summed E-state index contributed by atoms with van der Waals surface area (Å²) in [7, 11) is 0. The summed E-state index contributed by atoms with van der Waals surface area (Å²) in [6.07, 6.45) is 0. The molecule has 0 aromatic carbocycles. The highest BCUT2D eigenvalue weighted by Gasteiger charge is 2.37. The third kappa shape index (κ3) is 2.32. The molecule has 0 aliphatic carbocycles. The number of rotatable bonds is 2. The molecule has 0 amide bonds. The zero-order valence-electron chi connectivity index (χ0n) is 11.4. The van der Waals surface area contributed by atoms with E-state index in [0.717, 1.165) is 32.0 Å². The Morgan fingerprint density at radius 1 is 1.32 bits per heavy atom. The minimum atomic E-state index is -1.25. The number of pyridine rings is 1. The van der Waals surface area contributed by atoms with Crippen molar-refractivity contribution in [2.75, 3.05) is 31.1 Å². The van der Waals surface area contributed by atoms with E-state index in [-0.39, 0.29) is 5.69 Å². The molecule has 0 unspecified atom stereocenters. The number of fused-ring (bicyclic) bond motifs is 1. The summed E-state index contributed by atoms with van der Waals surface area (Å²) in [4.78, 5) is 6.53. The van der Waals surface area contributed by atoms with Gasteiger partial charge in [0.05, 0.1) is 0 Å². The fourth-order valence-electron chi connectivity index (χ4n) is 3.08. The Labute approximate surface area is 112 Å². The lowest BCUT2D eigenvalue weighted by Crippen LogP contribution is -2.28. The van der Waals surface area contributed by atoms with E-state index in [9.17, 15) is 9.50 Å². The van der Waals surface area contributed by atoms with Crippen molar-refractivity contribution in [3.05, 3.63) is 23.6 Å². The molecule has 2 saturated heterocycles. The van der Waals surface area contributed by atoms with E-state index in [1.807, 2.05) is 0 Å². The maximum absolute atomic E-state index is 13.7. The predicted octanol–water partition coefficient (Wildman–Crippen LogP) is 1.10. The first-order chi connectivity index (χ1) is 8.95. The quantitative estimate of drug-likeness (QED) is 0.841. The summed E-state index contributed by atoms with van der Waals surface area (Å²) in [6.45, 7) is 7.15. The Morgan fingerprint density at radius 3 is 2.53 bits per heavy atom. The van der Waals surface area contributed by atoms with Gasteiger partial charge in [0.15, 0.2) is 0 Å². The summed E-state index contributed by atoms with van der Waals surface area (Å²) in [6, 6.07) is 3.11. The molecular formula is C14H20FN3O. The van der Waals surface area contributed by atoms with E-state index < -0.39 is 11.4 Å². The van der Waals surface area contributed by atoms with Crippen LogP contribution >= 0.6 is 0 Å². The topological polar surface area (TPSA) is 48.4 Å². The van der Waals surface area contributed by atoms with Gasteiger partial charge in [-0.3, -0.25) is 0 Å². The number of anilines is 1. The first kappa shape index (κ1) is 12.8. The smallest absolute Gasteiger partial charge is 0.147 e. The summed E-state index contributed by atoms with van der Waals surface area (Å²) in [5.74, 6) is 1.65. The van der Waals surface area contributed by atoms with Crippen molar-refractivity contribution in [2.24, 2.45) is 11.8 Å². The minimum Gasteiger partial charge on any atom is -0.384 e. The number of hydrogen-bond donors (Lipinski definition) is 2. The van der Waals surface area contributed by atoms with Gasteiger partial charge in [-0.05, 0) is 37.8 Å². The Hall–Kier alpha value is -1.20. The molecule has 2 aliphatic rings. The van der Waals surface area contributed by atoms with E-state index in [1.165, 1.54) is 6.07 Å². The highest BCUT2D eigenvalue weighted by Crippen LogP contribution is 2.31. The van der Waals surface area contributed by atoms with Crippen molar-refractivity contribution in [1.82, 2.24) is 10.3 Å². The van der Waals surface area contributed by atoms with Crippen LogP contribution < -0.4 is 10.2 Å². The zero-order chi connectivity index (χ0) is 13.6. The van der Waals surface area contributed by atoms with Gasteiger partial charge in [0.2, 0.25) is 0 Å². The predicted molar refractivity (Wildman–Crippen MR) is 71.5 cm³/mol. The van der Waals surface area contributed by atoms with Crippen LogP contribution in [0.2, 0.25) is 0 Å². The number of nitrogens with zero attached hydrogens (tertiary/aromatic N) is 2. The van der Waals surface area contributed by atoms with Crippen molar-refractivity contribution in [1.29, 1.82) is 0 Å². The van der Waals surface area contributed by atoms with E-state index in [1.54, 1.807) is 19.9 Å². The van der Waals surface area contributed by atoms with Crippen LogP contribution in [0.4, 0.5) is 10.2 Å². The lowest BCUT2D eigenvalue weighted by Gasteiger charge is -2.23. The SMILES string of the molecule is CC(C)(O)c1nc(N2C[C@H]3CNC[C@H]3C2)ccc1F. The van der Waals surface area contributed by atoms with E-state index in [0.29, 0.717) is 11.8 Å². The fourth-order valence-corrected chi connectivity index (χ4v) is 3.08. The number of aliphatic hydroxyl groups is 1. The average molecular weight is 265 g/mol. The summed E-state index contributed by atoms with van der Waals surface area (Å²) in [5.41, 5.74) is -1.13. The first-order valence-electron chi connectivity index (χ1n) is 6.80. The van der Waals surface area contributed by atoms with Crippen LogP contribution in [0, 0.1) is 17.7 Å². The number of halogens is 1. The molecule has 2 atom stereocenters.